The fourth-order valence-electron chi connectivity index (χ4n) is 4.00. The predicted molar refractivity (Wildman–Crippen MR) is 114 cm³/mol. The molecule has 0 amide bonds. The molecule has 2 heterocycles. The number of hydrogen-bond donors (Lipinski definition) is 1. The second kappa shape index (κ2) is 5.20. The van der Waals surface area contributed by atoms with Crippen molar-refractivity contribution in [2.75, 3.05) is 0 Å². The molecule has 0 aliphatic carbocycles. The van der Waals surface area contributed by atoms with Gasteiger partial charge in [-0.3, -0.25) is 0 Å². The minimum Gasteiger partial charge on any atom is -0.354 e. The van der Waals surface area contributed by atoms with E-state index in [0.717, 1.165) is 0 Å². The van der Waals surface area contributed by atoms with Crippen LogP contribution in [0.15, 0.2) is 84.9 Å². The molecular weight excluding hydrogens is 334 g/mol. The Bertz CT molecular complexity index is 1430. The van der Waals surface area contributed by atoms with Gasteiger partial charge in [-0.25, -0.2) is 0 Å². The fourth-order valence-corrected chi connectivity index (χ4v) is 5.23. The van der Waals surface area contributed by atoms with Gasteiger partial charge in [0, 0.05) is 42.0 Å². The monoisotopic (exact) mass is 349 g/mol. The van der Waals surface area contributed by atoms with Crippen molar-refractivity contribution in [2.24, 2.45) is 0 Å². The molecule has 1 N–H and O–H groups in total. The number of rotatable bonds is 1. The number of para-hydroxylation sites is 1. The summed E-state index contributed by atoms with van der Waals surface area (Å²) in [4.78, 5) is 3.57. The van der Waals surface area contributed by atoms with Gasteiger partial charge in [0.2, 0.25) is 0 Å². The molecule has 0 fully saturated rings. The normalized spacial score (nSPS) is 11.8. The van der Waals surface area contributed by atoms with Crippen LogP contribution >= 0.6 is 11.3 Å². The van der Waals surface area contributed by atoms with Crippen LogP contribution in [0.25, 0.3) is 53.1 Å². The Labute approximate surface area is 154 Å². The first-order valence-corrected chi connectivity index (χ1v) is 9.61. The number of H-pyrrole nitrogens is 1. The molecule has 0 saturated carbocycles. The maximum Gasteiger partial charge on any atom is 0.0471 e. The Morgan fingerprint density at radius 1 is 0.577 bits per heavy atom. The topological polar surface area (TPSA) is 15.8 Å². The third kappa shape index (κ3) is 1.91. The van der Waals surface area contributed by atoms with Crippen molar-refractivity contribution in [3.05, 3.63) is 84.9 Å². The highest BCUT2D eigenvalue weighted by atomic mass is 32.1. The lowest BCUT2D eigenvalue weighted by atomic mass is 10.0. The average molecular weight is 349 g/mol. The van der Waals surface area contributed by atoms with Gasteiger partial charge in [0.15, 0.2) is 0 Å². The van der Waals surface area contributed by atoms with Crippen molar-refractivity contribution in [3.8, 4) is 11.1 Å². The maximum absolute atomic E-state index is 3.57. The zero-order chi connectivity index (χ0) is 17.1. The van der Waals surface area contributed by atoms with Gasteiger partial charge < -0.3 is 4.98 Å². The first kappa shape index (κ1) is 14.1. The standard InChI is InChI=1S/C24H15NS/c1-3-10-21-17(6-1)18-13-12-15(14-22(18)25-21)16-8-5-9-20-19-7-2-4-11-23(19)26-24(16)20/h1-14,25H. The number of hydrogen-bond acceptors (Lipinski definition) is 1. The molecule has 0 spiro atoms. The molecule has 0 radical (unpaired) electrons. The Hall–Kier alpha value is -3.10. The molecule has 0 aliphatic rings. The summed E-state index contributed by atoms with van der Waals surface area (Å²) in [6.07, 6.45) is 0. The number of benzene rings is 4. The number of fused-ring (bicyclic) bond motifs is 6. The Morgan fingerprint density at radius 2 is 1.35 bits per heavy atom. The zero-order valence-electron chi connectivity index (χ0n) is 14.0. The minimum atomic E-state index is 1.19. The lowest BCUT2D eigenvalue weighted by Crippen LogP contribution is -1.79. The van der Waals surface area contributed by atoms with Crippen molar-refractivity contribution in [1.29, 1.82) is 0 Å². The van der Waals surface area contributed by atoms with Crippen molar-refractivity contribution in [3.63, 3.8) is 0 Å². The van der Waals surface area contributed by atoms with Crippen LogP contribution < -0.4 is 0 Å². The lowest BCUT2D eigenvalue weighted by Gasteiger charge is -2.04. The Balaban J connectivity index is 1.66. The Morgan fingerprint density at radius 3 is 2.31 bits per heavy atom. The third-order valence-electron chi connectivity index (χ3n) is 5.22. The SMILES string of the molecule is c1ccc2c(c1)[nH]c1cc(-c3cccc4c3sc3ccccc34)ccc12. The van der Waals surface area contributed by atoms with Crippen molar-refractivity contribution in [1.82, 2.24) is 4.98 Å². The molecule has 2 heteroatoms. The summed E-state index contributed by atoms with van der Waals surface area (Å²) in [5.74, 6) is 0. The molecule has 0 bridgehead atoms. The first-order valence-electron chi connectivity index (χ1n) is 8.79. The van der Waals surface area contributed by atoms with E-state index in [1.165, 1.54) is 53.1 Å². The largest absolute Gasteiger partial charge is 0.354 e. The quantitative estimate of drug-likeness (QED) is 0.319. The van der Waals surface area contributed by atoms with Crippen LogP contribution in [-0.2, 0) is 0 Å². The molecule has 6 aromatic rings. The molecule has 2 aromatic heterocycles. The highest BCUT2D eigenvalue weighted by molar-refractivity contribution is 7.26. The van der Waals surface area contributed by atoms with E-state index in [9.17, 15) is 0 Å². The molecule has 26 heavy (non-hydrogen) atoms. The molecular formula is C24H15NS. The van der Waals surface area contributed by atoms with Crippen molar-refractivity contribution in [2.45, 2.75) is 0 Å². The van der Waals surface area contributed by atoms with Crippen molar-refractivity contribution < 1.29 is 0 Å². The number of nitrogens with one attached hydrogen (secondary N) is 1. The van der Waals surface area contributed by atoms with Gasteiger partial charge in [-0.2, -0.15) is 0 Å². The molecule has 122 valence electrons. The van der Waals surface area contributed by atoms with Crippen LogP contribution in [0.1, 0.15) is 0 Å². The van der Waals surface area contributed by atoms with Crippen LogP contribution in [0.5, 0.6) is 0 Å². The van der Waals surface area contributed by atoms with E-state index in [0.29, 0.717) is 0 Å². The molecule has 0 atom stereocenters. The van der Waals surface area contributed by atoms with Crippen LogP contribution in [0.4, 0.5) is 0 Å². The summed E-state index contributed by atoms with van der Waals surface area (Å²) in [7, 11) is 0. The van der Waals surface area contributed by atoms with E-state index in [1.807, 2.05) is 11.3 Å². The van der Waals surface area contributed by atoms with E-state index in [4.69, 9.17) is 0 Å². The van der Waals surface area contributed by atoms with Gasteiger partial charge in [0.05, 0.1) is 0 Å². The second-order valence-corrected chi connectivity index (χ2v) is 7.76. The summed E-state index contributed by atoms with van der Waals surface area (Å²) >= 11 is 1.88. The maximum atomic E-state index is 3.57. The minimum absolute atomic E-state index is 1.19. The van der Waals surface area contributed by atoms with Gasteiger partial charge in [-0.15, -0.1) is 11.3 Å². The predicted octanol–water partition coefficient (Wildman–Crippen LogP) is 7.36. The van der Waals surface area contributed by atoms with Crippen LogP contribution in [0.3, 0.4) is 0 Å². The van der Waals surface area contributed by atoms with Gasteiger partial charge in [-0.1, -0.05) is 66.7 Å². The summed E-state index contributed by atoms with van der Waals surface area (Å²) in [5, 5.41) is 5.27. The van der Waals surface area contributed by atoms with Gasteiger partial charge in [0.25, 0.3) is 0 Å². The number of thiophene rings is 1. The summed E-state index contributed by atoms with van der Waals surface area (Å²) < 4.78 is 2.71. The lowest BCUT2D eigenvalue weighted by molar-refractivity contribution is 1.54. The van der Waals surface area contributed by atoms with Crippen LogP contribution in [0.2, 0.25) is 0 Å². The fraction of sp³-hybridized carbons (Fsp3) is 0. The van der Waals surface area contributed by atoms with Crippen molar-refractivity contribution >= 4 is 53.3 Å². The molecule has 0 unspecified atom stereocenters. The van der Waals surface area contributed by atoms with E-state index < -0.39 is 0 Å². The van der Waals surface area contributed by atoms with E-state index in [2.05, 4.69) is 89.9 Å². The van der Waals surface area contributed by atoms with Gasteiger partial charge in [-0.05, 0) is 29.3 Å². The molecule has 4 aromatic carbocycles. The first-order chi connectivity index (χ1) is 12.9. The summed E-state index contributed by atoms with van der Waals surface area (Å²) in [6.45, 7) is 0. The third-order valence-corrected chi connectivity index (χ3v) is 6.44. The van der Waals surface area contributed by atoms with Gasteiger partial charge >= 0.3 is 0 Å². The average Bonchev–Trinajstić information content (AvgIpc) is 3.25. The second-order valence-electron chi connectivity index (χ2n) is 6.71. The summed E-state index contributed by atoms with van der Waals surface area (Å²) in [5.41, 5.74) is 4.96. The smallest absolute Gasteiger partial charge is 0.0471 e. The van der Waals surface area contributed by atoms with E-state index in [-0.39, 0.29) is 0 Å². The Kier molecular flexibility index (Phi) is 2.82. The molecule has 1 nitrogen and oxygen atoms in total. The summed E-state index contributed by atoms with van der Waals surface area (Å²) in [6, 6.07) is 30.6. The zero-order valence-corrected chi connectivity index (χ0v) is 14.8. The van der Waals surface area contributed by atoms with Crippen LogP contribution in [-0.4, -0.2) is 4.98 Å². The molecule has 0 saturated heterocycles. The number of aromatic nitrogens is 1. The van der Waals surface area contributed by atoms with Crippen LogP contribution in [0, 0.1) is 0 Å². The van der Waals surface area contributed by atoms with E-state index in [1.54, 1.807) is 0 Å². The van der Waals surface area contributed by atoms with E-state index >= 15 is 0 Å². The highest BCUT2D eigenvalue weighted by Crippen LogP contribution is 2.40. The van der Waals surface area contributed by atoms with Gasteiger partial charge in [0.1, 0.15) is 0 Å². The molecule has 0 aliphatic heterocycles. The highest BCUT2D eigenvalue weighted by Gasteiger charge is 2.11. The molecule has 6 rings (SSSR count). The number of aromatic amines is 1.